The number of carboxylic acid groups (broad SMARTS) is 1. The van der Waals surface area contributed by atoms with Gasteiger partial charge < -0.3 is 20.3 Å². The van der Waals surface area contributed by atoms with E-state index in [2.05, 4.69) is 32.2 Å². The van der Waals surface area contributed by atoms with Gasteiger partial charge >= 0.3 is 18.0 Å². The van der Waals surface area contributed by atoms with Crippen LogP contribution in [-0.2, 0) is 11.0 Å². The number of hydrogen-bond donors (Lipinski definition) is 3. The largest absolute Gasteiger partial charge is 0.481 e. The first-order valence-electron chi connectivity index (χ1n) is 11.0. The standard InChI is InChI=1S/C24H25F3N4O4/c1-2-3-4-19(29-18-11-9-17(10-12-18)22(34)28-14-13-20(32)33)15-5-7-16(8-6-15)21-30-23(35-31-21)24(25,26)27/h5-12,19,29H,2-4,13-14H2,1H3,(H,28,34)(H,32,33). The first-order valence-corrected chi connectivity index (χ1v) is 11.0. The second kappa shape index (κ2) is 11.5. The number of halogens is 3. The van der Waals surface area contributed by atoms with Gasteiger partial charge in [0, 0.05) is 23.4 Å². The smallest absolute Gasteiger partial charge is 0.471 e. The van der Waals surface area contributed by atoms with E-state index < -0.39 is 18.0 Å². The summed E-state index contributed by atoms with van der Waals surface area (Å²) in [5, 5.41) is 18.1. The summed E-state index contributed by atoms with van der Waals surface area (Å²) in [5.74, 6) is -2.87. The third-order valence-electron chi connectivity index (χ3n) is 5.20. The van der Waals surface area contributed by atoms with Gasteiger partial charge in [-0.2, -0.15) is 18.2 Å². The molecular formula is C24H25F3N4O4. The number of nitrogens with one attached hydrogen (secondary N) is 2. The fraction of sp³-hybridized carbons (Fsp3) is 0.333. The summed E-state index contributed by atoms with van der Waals surface area (Å²) in [6, 6.07) is 13.6. The van der Waals surface area contributed by atoms with Gasteiger partial charge in [0.25, 0.3) is 5.91 Å². The van der Waals surface area contributed by atoms with Gasteiger partial charge in [0.05, 0.1) is 12.5 Å². The zero-order chi connectivity index (χ0) is 25.4. The number of carbonyl (C=O) groups is 2. The topological polar surface area (TPSA) is 117 Å². The van der Waals surface area contributed by atoms with E-state index in [9.17, 15) is 22.8 Å². The van der Waals surface area contributed by atoms with E-state index in [4.69, 9.17) is 5.11 Å². The fourth-order valence-electron chi connectivity index (χ4n) is 3.35. The molecule has 0 saturated heterocycles. The zero-order valence-electron chi connectivity index (χ0n) is 18.9. The molecule has 0 aliphatic heterocycles. The monoisotopic (exact) mass is 490 g/mol. The lowest BCUT2D eigenvalue weighted by Gasteiger charge is -2.21. The van der Waals surface area contributed by atoms with E-state index in [1.54, 1.807) is 48.5 Å². The predicted molar refractivity (Wildman–Crippen MR) is 122 cm³/mol. The molecule has 1 unspecified atom stereocenters. The molecule has 1 atom stereocenters. The molecule has 8 nitrogen and oxygen atoms in total. The number of carboxylic acids is 1. The summed E-state index contributed by atoms with van der Waals surface area (Å²) < 4.78 is 42.5. The summed E-state index contributed by atoms with van der Waals surface area (Å²) in [6.07, 6.45) is -2.11. The number of nitrogens with zero attached hydrogens (tertiary/aromatic N) is 2. The van der Waals surface area contributed by atoms with Crippen molar-refractivity contribution in [1.82, 2.24) is 15.5 Å². The van der Waals surface area contributed by atoms with E-state index in [-0.39, 0.29) is 30.7 Å². The third kappa shape index (κ3) is 7.29. The minimum atomic E-state index is -4.70. The number of hydrogen-bond acceptors (Lipinski definition) is 6. The molecule has 1 heterocycles. The van der Waals surface area contributed by atoms with E-state index in [1.165, 1.54) is 0 Å². The number of unbranched alkanes of at least 4 members (excludes halogenated alkanes) is 1. The molecule has 0 saturated carbocycles. The Bertz CT molecular complexity index is 1130. The van der Waals surface area contributed by atoms with Gasteiger partial charge in [-0.3, -0.25) is 9.59 Å². The SMILES string of the molecule is CCCCC(Nc1ccc(C(=O)NCCC(=O)O)cc1)c1ccc(-c2noc(C(F)(F)F)n2)cc1. The molecule has 0 radical (unpaired) electrons. The molecule has 0 fully saturated rings. The van der Waals surface area contributed by atoms with Gasteiger partial charge in [-0.15, -0.1) is 0 Å². The first kappa shape index (κ1) is 25.7. The Kier molecular flexibility index (Phi) is 8.45. The van der Waals surface area contributed by atoms with Crippen molar-refractivity contribution < 1.29 is 32.4 Å². The molecule has 0 aliphatic rings. The van der Waals surface area contributed by atoms with Crippen molar-refractivity contribution in [3.8, 4) is 11.4 Å². The van der Waals surface area contributed by atoms with Gasteiger partial charge in [0.15, 0.2) is 0 Å². The maximum Gasteiger partial charge on any atom is 0.471 e. The Labute approximate surface area is 199 Å². The van der Waals surface area contributed by atoms with Crippen LogP contribution < -0.4 is 10.6 Å². The number of anilines is 1. The number of aromatic nitrogens is 2. The van der Waals surface area contributed by atoms with Gasteiger partial charge in [-0.1, -0.05) is 49.2 Å². The second-order valence-electron chi connectivity index (χ2n) is 7.86. The Balaban J connectivity index is 1.69. The number of aliphatic carboxylic acids is 1. The molecule has 0 bridgehead atoms. The van der Waals surface area contributed by atoms with E-state index in [0.29, 0.717) is 11.1 Å². The van der Waals surface area contributed by atoms with Crippen molar-refractivity contribution in [2.75, 3.05) is 11.9 Å². The molecule has 1 aromatic heterocycles. The van der Waals surface area contributed by atoms with Crippen LogP contribution >= 0.6 is 0 Å². The molecule has 3 N–H and O–H groups in total. The van der Waals surface area contributed by atoms with Crippen LogP contribution in [-0.4, -0.2) is 33.7 Å². The normalized spacial score (nSPS) is 12.2. The lowest BCUT2D eigenvalue weighted by molar-refractivity contribution is -0.159. The maximum atomic E-state index is 12.7. The third-order valence-corrected chi connectivity index (χ3v) is 5.20. The van der Waals surface area contributed by atoms with Crippen LogP contribution in [0.4, 0.5) is 18.9 Å². The van der Waals surface area contributed by atoms with E-state index in [1.807, 2.05) is 0 Å². The average molecular weight is 490 g/mol. The summed E-state index contributed by atoms with van der Waals surface area (Å²) in [5.41, 5.74) is 2.52. The highest BCUT2D eigenvalue weighted by molar-refractivity contribution is 5.94. The Morgan fingerprint density at radius 1 is 1.09 bits per heavy atom. The van der Waals surface area contributed by atoms with Crippen molar-refractivity contribution >= 4 is 17.6 Å². The lowest BCUT2D eigenvalue weighted by atomic mass is 9.99. The Morgan fingerprint density at radius 2 is 1.77 bits per heavy atom. The van der Waals surface area contributed by atoms with Crippen LogP contribution in [0, 0.1) is 0 Å². The van der Waals surface area contributed by atoms with Crippen LogP contribution in [0.3, 0.4) is 0 Å². The second-order valence-corrected chi connectivity index (χ2v) is 7.86. The maximum absolute atomic E-state index is 12.7. The van der Waals surface area contributed by atoms with Gasteiger partial charge in [-0.05, 0) is 36.2 Å². The Morgan fingerprint density at radius 3 is 2.34 bits per heavy atom. The molecule has 3 rings (SSSR count). The Hall–Kier alpha value is -3.89. The summed E-state index contributed by atoms with van der Waals surface area (Å²) >= 11 is 0. The molecule has 0 spiro atoms. The van der Waals surface area contributed by atoms with Crippen molar-refractivity contribution in [1.29, 1.82) is 0 Å². The van der Waals surface area contributed by atoms with Gasteiger partial charge in [0.1, 0.15) is 0 Å². The molecule has 3 aromatic rings. The van der Waals surface area contributed by atoms with Crippen molar-refractivity contribution in [3.63, 3.8) is 0 Å². The van der Waals surface area contributed by atoms with Crippen LogP contribution in [0.2, 0.25) is 0 Å². The predicted octanol–water partition coefficient (Wildman–Crippen LogP) is 5.30. The lowest BCUT2D eigenvalue weighted by Crippen LogP contribution is -2.25. The number of alkyl halides is 3. The number of benzene rings is 2. The molecule has 11 heteroatoms. The molecule has 1 amide bonds. The number of rotatable bonds is 11. The fourth-order valence-corrected chi connectivity index (χ4v) is 3.35. The van der Waals surface area contributed by atoms with Crippen LogP contribution in [0.15, 0.2) is 53.1 Å². The van der Waals surface area contributed by atoms with Gasteiger partial charge in [-0.25, -0.2) is 0 Å². The quantitative estimate of drug-likeness (QED) is 0.334. The van der Waals surface area contributed by atoms with Crippen molar-refractivity contribution in [2.24, 2.45) is 0 Å². The molecule has 186 valence electrons. The van der Waals surface area contributed by atoms with E-state index >= 15 is 0 Å². The summed E-state index contributed by atoms with van der Waals surface area (Å²) in [6.45, 7) is 2.12. The number of amides is 1. The van der Waals surface area contributed by atoms with Crippen molar-refractivity contribution in [3.05, 3.63) is 65.5 Å². The highest BCUT2D eigenvalue weighted by Crippen LogP contribution is 2.30. The van der Waals surface area contributed by atoms with Gasteiger partial charge in [0.2, 0.25) is 5.82 Å². The van der Waals surface area contributed by atoms with Crippen LogP contribution in [0.5, 0.6) is 0 Å². The zero-order valence-corrected chi connectivity index (χ0v) is 18.9. The molecular weight excluding hydrogens is 465 g/mol. The van der Waals surface area contributed by atoms with Crippen LogP contribution in [0.25, 0.3) is 11.4 Å². The average Bonchev–Trinajstić information content (AvgIpc) is 3.33. The first-order chi connectivity index (χ1) is 16.7. The molecule has 0 aliphatic carbocycles. The minimum absolute atomic E-state index is 0.0463. The van der Waals surface area contributed by atoms with Crippen molar-refractivity contribution in [2.45, 2.75) is 44.8 Å². The minimum Gasteiger partial charge on any atom is -0.481 e. The summed E-state index contributed by atoms with van der Waals surface area (Å²) in [7, 11) is 0. The highest BCUT2D eigenvalue weighted by atomic mass is 19.4. The molecule has 35 heavy (non-hydrogen) atoms. The number of carbonyl (C=O) groups excluding carboxylic acids is 1. The highest BCUT2D eigenvalue weighted by Gasteiger charge is 2.38. The van der Waals surface area contributed by atoms with E-state index in [0.717, 1.165) is 30.5 Å². The van der Waals surface area contributed by atoms with Crippen LogP contribution in [0.1, 0.15) is 60.5 Å². The molecule has 2 aromatic carbocycles. The summed E-state index contributed by atoms with van der Waals surface area (Å²) in [4.78, 5) is 26.1.